The summed E-state index contributed by atoms with van der Waals surface area (Å²) in [5, 5.41) is 7.24. The zero-order chi connectivity index (χ0) is 22.8. The van der Waals surface area contributed by atoms with Crippen LogP contribution in [0.15, 0.2) is 18.5 Å². The molecule has 2 saturated heterocycles. The van der Waals surface area contributed by atoms with Crippen LogP contribution >= 0.6 is 34.8 Å². The molecule has 2 N–H and O–H groups in total. The average Bonchev–Trinajstić information content (AvgIpc) is 3.21. The smallest absolute Gasteiger partial charge is 0.245 e. The molecule has 0 radical (unpaired) electrons. The molecule has 4 heterocycles. The van der Waals surface area contributed by atoms with Gasteiger partial charge in [0.1, 0.15) is 11.1 Å². The van der Waals surface area contributed by atoms with Gasteiger partial charge < -0.3 is 20.4 Å². The van der Waals surface area contributed by atoms with Gasteiger partial charge >= 0.3 is 0 Å². The van der Waals surface area contributed by atoms with Gasteiger partial charge in [-0.25, -0.2) is 4.98 Å². The van der Waals surface area contributed by atoms with E-state index < -0.39 is 6.04 Å². The molecule has 2 atom stereocenters. The summed E-state index contributed by atoms with van der Waals surface area (Å²) in [6.45, 7) is 4.11. The van der Waals surface area contributed by atoms with Crippen LogP contribution in [0.25, 0.3) is 0 Å². The van der Waals surface area contributed by atoms with Gasteiger partial charge in [-0.2, -0.15) is 4.98 Å². The summed E-state index contributed by atoms with van der Waals surface area (Å²) in [6, 6.07) is 0.955. The van der Waals surface area contributed by atoms with Gasteiger partial charge in [-0.3, -0.25) is 14.6 Å². The van der Waals surface area contributed by atoms with E-state index in [1.807, 2.05) is 11.8 Å². The second-order valence-corrected chi connectivity index (χ2v) is 8.98. The molecular formula is C20H22Cl3N7O2. The Hall–Kier alpha value is -2.36. The molecule has 2 aromatic heterocycles. The van der Waals surface area contributed by atoms with Crippen molar-refractivity contribution in [3.63, 3.8) is 0 Å². The first kappa shape index (κ1) is 22.8. The molecular weight excluding hydrogens is 477 g/mol. The van der Waals surface area contributed by atoms with E-state index in [-0.39, 0.29) is 17.9 Å². The molecule has 2 fully saturated rings. The topological polar surface area (TPSA) is 103 Å². The van der Waals surface area contributed by atoms with Gasteiger partial charge in [0, 0.05) is 38.8 Å². The minimum Gasteiger partial charge on any atom is -0.361 e. The van der Waals surface area contributed by atoms with Crippen LogP contribution in [0.1, 0.15) is 31.5 Å². The fourth-order valence-electron chi connectivity index (χ4n) is 3.78. The van der Waals surface area contributed by atoms with Crippen molar-refractivity contribution in [1.29, 1.82) is 0 Å². The molecule has 32 heavy (non-hydrogen) atoms. The van der Waals surface area contributed by atoms with Crippen molar-refractivity contribution in [2.75, 3.05) is 36.4 Å². The van der Waals surface area contributed by atoms with Crippen LogP contribution in [0, 0.1) is 0 Å². The summed E-state index contributed by atoms with van der Waals surface area (Å²) < 4.78 is 0. The quantitative estimate of drug-likeness (QED) is 0.653. The maximum atomic E-state index is 12.6. The Balaban J connectivity index is 1.40. The van der Waals surface area contributed by atoms with Crippen molar-refractivity contribution in [2.45, 2.75) is 31.8 Å². The van der Waals surface area contributed by atoms with Crippen LogP contribution in [0.4, 0.5) is 11.8 Å². The number of rotatable bonds is 5. The standard InChI is InChI=1S/C20H22Cl3N7O2/c1-11(17-13(22)8-12(21)9-24-17)26-18-14(23)10-25-20(28-18)30-6-4-29(5-7-30)19(32)15-2-3-16(31)27-15/h8-11,15H,2-7H2,1H3,(H,27,31)(H,25,26,28)/t11-,15+/m0/s1. The fourth-order valence-corrected chi connectivity index (χ4v) is 4.46. The second kappa shape index (κ2) is 9.64. The molecule has 0 unspecified atom stereocenters. The summed E-state index contributed by atoms with van der Waals surface area (Å²) >= 11 is 18.5. The predicted molar refractivity (Wildman–Crippen MR) is 123 cm³/mol. The molecule has 2 amide bonds. The zero-order valence-corrected chi connectivity index (χ0v) is 19.6. The van der Waals surface area contributed by atoms with Gasteiger partial charge in [0.15, 0.2) is 5.82 Å². The summed E-state index contributed by atoms with van der Waals surface area (Å²) in [5.74, 6) is 0.877. The van der Waals surface area contributed by atoms with E-state index >= 15 is 0 Å². The lowest BCUT2D eigenvalue weighted by Gasteiger charge is -2.36. The molecule has 170 valence electrons. The number of halogens is 3. The van der Waals surface area contributed by atoms with Gasteiger partial charge in [-0.1, -0.05) is 34.8 Å². The van der Waals surface area contributed by atoms with Gasteiger partial charge in [0.2, 0.25) is 17.8 Å². The van der Waals surface area contributed by atoms with E-state index in [1.54, 1.807) is 17.2 Å². The lowest BCUT2D eigenvalue weighted by molar-refractivity contribution is -0.134. The Labute approximate surface area is 200 Å². The van der Waals surface area contributed by atoms with E-state index in [1.165, 1.54) is 6.20 Å². The number of nitrogens with zero attached hydrogens (tertiary/aromatic N) is 5. The maximum Gasteiger partial charge on any atom is 0.245 e. The van der Waals surface area contributed by atoms with Crippen LogP contribution < -0.4 is 15.5 Å². The largest absolute Gasteiger partial charge is 0.361 e. The lowest BCUT2D eigenvalue weighted by atomic mass is 10.2. The number of carbonyl (C=O) groups excluding carboxylic acids is 2. The molecule has 0 spiro atoms. The molecule has 0 aromatic carbocycles. The van der Waals surface area contributed by atoms with E-state index in [0.717, 1.165) is 0 Å². The average molecular weight is 499 g/mol. The SMILES string of the molecule is C[C@H](Nc1nc(N2CCN(C(=O)[C@H]3CCC(=O)N3)CC2)ncc1Cl)c1ncc(Cl)cc1Cl. The third-order valence-electron chi connectivity index (χ3n) is 5.50. The number of hydrogen-bond donors (Lipinski definition) is 2. The van der Waals surface area contributed by atoms with E-state index in [0.29, 0.717) is 71.5 Å². The number of hydrogen-bond acceptors (Lipinski definition) is 7. The zero-order valence-electron chi connectivity index (χ0n) is 17.3. The molecule has 12 heteroatoms. The predicted octanol–water partition coefficient (Wildman–Crippen LogP) is 2.93. The van der Waals surface area contributed by atoms with Gasteiger partial charge in [0.25, 0.3) is 0 Å². The minimum absolute atomic E-state index is 0.0314. The van der Waals surface area contributed by atoms with E-state index in [2.05, 4.69) is 25.6 Å². The van der Waals surface area contributed by atoms with Crippen molar-refractivity contribution >= 4 is 58.4 Å². The van der Waals surface area contributed by atoms with Crippen LogP contribution in [-0.2, 0) is 9.59 Å². The number of anilines is 2. The number of amides is 2. The van der Waals surface area contributed by atoms with Crippen molar-refractivity contribution in [1.82, 2.24) is 25.2 Å². The Morgan fingerprint density at radius 3 is 2.56 bits per heavy atom. The monoisotopic (exact) mass is 497 g/mol. The van der Waals surface area contributed by atoms with Crippen molar-refractivity contribution in [3.05, 3.63) is 39.2 Å². The van der Waals surface area contributed by atoms with Gasteiger partial charge in [-0.05, 0) is 19.4 Å². The number of pyridine rings is 1. The highest BCUT2D eigenvalue weighted by atomic mass is 35.5. The summed E-state index contributed by atoms with van der Waals surface area (Å²) in [4.78, 5) is 41.0. The first-order chi connectivity index (χ1) is 15.3. The summed E-state index contributed by atoms with van der Waals surface area (Å²) in [6.07, 6.45) is 4.03. The normalized spacial score (nSPS) is 19.6. The van der Waals surface area contributed by atoms with Crippen LogP contribution in [-0.4, -0.2) is 63.9 Å². The number of piperazine rings is 1. The fraction of sp³-hybridized carbons (Fsp3) is 0.450. The van der Waals surface area contributed by atoms with Gasteiger partial charge in [-0.15, -0.1) is 0 Å². The second-order valence-electron chi connectivity index (χ2n) is 7.72. The van der Waals surface area contributed by atoms with Crippen molar-refractivity contribution in [3.8, 4) is 0 Å². The molecule has 2 aliphatic heterocycles. The minimum atomic E-state index is -0.411. The Morgan fingerprint density at radius 1 is 1.16 bits per heavy atom. The summed E-state index contributed by atoms with van der Waals surface area (Å²) in [5.41, 5.74) is 0.624. The summed E-state index contributed by atoms with van der Waals surface area (Å²) in [7, 11) is 0. The number of nitrogens with one attached hydrogen (secondary N) is 2. The molecule has 0 aliphatic carbocycles. The highest BCUT2D eigenvalue weighted by Gasteiger charge is 2.32. The molecule has 4 rings (SSSR count). The Kier molecular flexibility index (Phi) is 6.88. The van der Waals surface area contributed by atoms with Crippen molar-refractivity contribution < 1.29 is 9.59 Å². The molecule has 0 bridgehead atoms. The highest BCUT2D eigenvalue weighted by Crippen LogP contribution is 2.29. The van der Waals surface area contributed by atoms with Crippen LogP contribution in [0.2, 0.25) is 15.1 Å². The molecule has 2 aromatic rings. The molecule has 0 saturated carbocycles. The van der Waals surface area contributed by atoms with Crippen molar-refractivity contribution in [2.24, 2.45) is 0 Å². The Bertz CT molecular complexity index is 1030. The molecule has 2 aliphatic rings. The first-order valence-corrected chi connectivity index (χ1v) is 11.4. The van der Waals surface area contributed by atoms with Crippen LogP contribution in [0.3, 0.4) is 0 Å². The number of carbonyl (C=O) groups is 2. The number of aromatic nitrogens is 3. The highest BCUT2D eigenvalue weighted by molar-refractivity contribution is 6.35. The first-order valence-electron chi connectivity index (χ1n) is 10.2. The third kappa shape index (κ3) is 5.00. The lowest BCUT2D eigenvalue weighted by Crippen LogP contribution is -2.53. The van der Waals surface area contributed by atoms with E-state index in [9.17, 15) is 9.59 Å². The Morgan fingerprint density at radius 2 is 1.91 bits per heavy atom. The maximum absolute atomic E-state index is 12.6. The third-order valence-corrected chi connectivity index (χ3v) is 6.28. The van der Waals surface area contributed by atoms with E-state index in [4.69, 9.17) is 34.8 Å². The van der Waals surface area contributed by atoms with Gasteiger partial charge in [0.05, 0.1) is 28.0 Å². The van der Waals surface area contributed by atoms with Crippen LogP contribution in [0.5, 0.6) is 0 Å². The molecule has 9 nitrogen and oxygen atoms in total.